The second-order valence-electron chi connectivity index (χ2n) is 4.83. The predicted molar refractivity (Wildman–Crippen MR) is 74.5 cm³/mol. The second-order valence-corrected chi connectivity index (χ2v) is 4.83. The van der Waals surface area contributed by atoms with Crippen LogP contribution in [0.5, 0.6) is 5.75 Å². The molecule has 1 saturated heterocycles. The molecule has 4 N–H and O–H groups in total. The number of ether oxygens (including phenoxy) is 1. The fourth-order valence-electron chi connectivity index (χ4n) is 2.35. The van der Waals surface area contributed by atoms with Gasteiger partial charge in [-0.15, -0.1) is 0 Å². The average Bonchev–Trinajstić information content (AvgIpc) is 2.48. The van der Waals surface area contributed by atoms with Gasteiger partial charge >= 0.3 is 0 Å². The maximum Gasteiger partial charge on any atom is 0.257 e. The van der Waals surface area contributed by atoms with Gasteiger partial charge in [0.05, 0.1) is 30.6 Å². The Balaban J connectivity index is 1.96. The van der Waals surface area contributed by atoms with E-state index in [-0.39, 0.29) is 35.6 Å². The number of carbonyl (C=O) groups excluding carboxylic acids is 1. The summed E-state index contributed by atoms with van der Waals surface area (Å²) in [4.78, 5) is 14.0. The van der Waals surface area contributed by atoms with Crippen molar-refractivity contribution in [3.8, 4) is 5.75 Å². The summed E-state index contributed by atoms with van der Waals surface area (Å²) < 4.78 is 5.45. The summed E-state index contributed by atoms with van der Waals surface area (Å²) in [6.07, 6.45) is 1.55. The van der Waals surface area contributed by atoms with Crippen molar-refractivity contribution in [2.24, 2.45) is 0 Å². The number of piperidine rings is 1. The standard InChI is InChI=1S/C14H20N2O4/c15-12-3-1-2-11(13(12)18)14(19)16-6-4-10(5-7-16)20-9-8-17/h1-3,10,17-18H,4-9,15H2. The van der Waals surface area contributed by atoms with E-state index >= 15 is 0 Å². The largest absolute Gasteiger partial charge is 0.505 e. The first-order valence-corrected chi connectivity index (χ1v) is 6.72. The number of nitrogens with two attached hydrogens (primary N) is 1. The van der Waals surface area contributed by atoms with Gasteiger partial charge in [-0.3, -0.25) is 4.79 Å². The Hall–Kier alpha value is -1.79. The molecule has 6 nitrogen and oxygen atoms in total. The molecule has 0 saturated carbocycles. The van der Waals surface area contributed by atoms with Gasteiger partial charge in [0, 0.05) is 13.1 Å². The molecule has 1 fully saturated rings. The first-order chi connectivity index (χ1) is 9.63. The van der Waals surface area contributed by atoms with Gasteiger partial charge in [0.2, 0.25) is 0 Å². The number of phenols is 1. The van der Waals surface area contributed by atoms with Crippen molar-refractivity contribution in [2.45, 2.75) is 18.9 Å². The summed E-state index contributed by atoms with van der Waals surface area (Å²) in [5.74, 6) is -0.369. The van der Waals surface area contributed by atoms with Crippen molar-refractivity contribution in [3.63, 3.8) is 0 Å². The molecule has 1 heterocycles. The molecule has 0 unspecified atom stereocenters. The highest BCUT2D eigenvalue weighted by molar-refractivity contribution is 5.98. The van der Waals surface area contributed by atoms with Crippen molar-refractivity contribution in [1.82, 2.24) is 4.90 Å². The van der Waals surface area contributed by atoms with Crippen molar-refractivity contribution in [3.05, 3.63) is 23.8 Å². The number of hydrogen-bond donors (Lipinski definition) is 3. The Morgan fingerprint density at radius 2 is 2.10 bits per heavy atom. The SMILES string of the molecule is Nc1cccc(C(=O)N2CCC(OCCO)CC2)c1O. The number of benzene rings is 1. The Bertz CT molecular complexity index is 470. The normalized spacial score (nSPS) is 16.4. The van der Waals surface area contributed by atoms with E-state index in [1.807, 2.05) is 0 Å². The number of phenolic OH excluding ortho intramolecular Hbond substituents is 1. The first kappa shape index (κ1) is 14.6. The fourth-order valence-corrected chi connectivity index (χ4v) is 2.35. The molecule has 0 spiro atoms. The van der Waals surface area contributed by atoms with Crippen LogP contribution in [0.15, 0.2) is 18.2 Å². The zero-order valence-electron chi connectivity index (χ0n) is 11.3. The highest BCUT2D eigenvalue weighted by Crippen LogP contribution is 2.26. The van der Waals surface area contributed by atoms with Gasteiger partial charge in [0.25, 0.3) is 5.91 Å². The van der Waals surface area contributed by atoms with Gasteiger partial charge in [0.1, 0.15) is 0 Å². The lowest BCUT2D eigenvalue weighted by Gasteiger charge is -2.32. The fraction of sp³-hybridized carbons (Fsp3) is 0.500. The van der Waals surface area contributed by atoms with Crippen LogP contribution in [0.2, 0.25) is 0 Å². The van der Waals surface area contributed by atoms with Crippen LogP contribution in [0.4, 0.5) is 5.69 Å². The molecule has 0 radical (unpaired) electrons. The smallest absolute Gasteiger partial charge is 0.257 e. The number of likely N-dealkylation sites (tertiary alicyclic amines) is 1. The molecule has 6 heteroatoms. The second kappa shape index (κ2) is 6.58. The number of para-hydroxylation sites is 1. The van der Waals surface area contributed by atoms with Crippen LogP contribution in [0.25, 0.3) is 0 Å². The van der Waals surface area contributed by atoms with E-state index in [1.165, 1.54) is 0 Å². The number of rotatable bonds is 4. The number of nitrogen functional groups attached to an aromatic ring is 1. The van der Waals surface area contributed by atoms with Crippen LogP contribution >= 0.6 is 0 Å². The zero-order chi connectivity index (χ0) is 14.5. The van der Waals surface area contributed by atoms with E-state index in [9.17, 15) is 9.90 Å². The van der Waals surface area contributed by atoms with Crippen LogP contribution in [-0.2, 0) is 4.74 Å². The Morgan fingerprint density at radius 3 is 2.75 bits per heavy atom. The minimum Gasteiger partial charge on any atom is -0.505 e. The van der Waals surface area contributed by atoms with Crippen LogP contribution < -0.4 is 5.73 Å². The predicted octanol–water partition coefficient (Wildman–Crippen LogP) is 0.588. The molecular weight excluding hydrogens is 260 g/mol. The highest BCUT2D eigenvalue weighted by atomic mass is 16.5. The van der Waals surface area contributed by atoms with E-state index in [0.29, 0.717) is 19.7 Å². The van der Waals surface area contributed by atoms with E-state index < -0.39 is 0 Å². The molecule has 0 atom stereocenters. The minimum absolute atomic E-state index is 0.0102. The van der Waals surface area contributed by atoms with Crippen LogP contribution in [0.1, 0.15) is 23.2 Å². The molecule has 1 aromatic rings. The molecule has 0 aliphatic carbocycles. The van der Waals surface area contributed by atoms with Crippen LogP contribution in [0, 0.1) is 0 Å². The van der Waals surface area contributed by atoms with Crippen LogP contribution in [0.3, 0.4) is 0 Å². The summed E-state index contributed by atoms with van der Waals surface area (Å²) in [6, 6.07) is 4.78. The minimum atomic E-state index is -0.213. The number of nitrogens with zero attached hydrogens (tertiary/aromatic N) is 1. The summed E-state index contributed by atoms with van der Waals surface area (Å²) in [7, 11) is 0. The summed E-state index contributed by atoms with van der Waals surface area (Å²) in [5.41, 5.74) is 6.04. The molecule has 2 rings (SSSR count). The Labute approximate surface area is 117 Å². The van der Waals surface area contributed by atoms with E-state index in [1.54, 1.807) is 23.1 Å². The molecule has 1 aliphatic heterocycles. The number of carbonyl (C=O) groups is 1. The monoisotopic (exact) mass is 280 g/mol. The average molecular weight is 280 g/mol. The number of anilines is 1. The summed E-state index contributed by atoms with van der Waals surface area (Å²) in [5, 5.41) is 18.6. The van der Waals surface area contributed by atoms with E-state index in [2.05, 4.69) is 0 Å². The van der Waals surface area contributed by atoms with Crippen molar-refractivity contribution < 1.29 is 19.7 Å². The number of aliphatic hydroxyl groups excluding tert-OH is 1. The number of amides is 1. The lowest BCUT2D eigenvalue weighted by atomic mass is 10.1. The number of aromatic hydroxyl groups is 1. The molecular formula is C14H20N2O4. The number of aliphatic hydroxyl groups is 1. The topological polar surface area (TPSA) is 96.0 Å². The van der Waals surface area contributed by atoms with Crippen molar-refractivity contribution >= 4 is 11.6 Å². The molecule has 110 valence electrons. The molecule has 0 aromatic heterocycles. The molecule has 1 aliphatic rings. The maximum absolute atomic E-state index is 12.3. The zero-order valence-corrected chi connectivity index (χ0v) is 11.3. The highest BCUT2D eigenvalue weighted by Gasteiger charge is 2.25. The molecule has 0 bridgehead atoms. The third-order valence-corrected chi connectivity index (χ3v) is 3.47. The number of hydrogen-bond acceptors (Lipinski definition) is 5. The lowest BCUT2D eigenvalue weighted by molar-refractivity contribution is -0.00558. The Kier molecular flexibility index (Phi) is 4.81. The van der Waals surface area contributed by atoms with Crippen LogP contribution in [-0.4, -0.2) is 53.4 Å². The van der Waals surface area contributed by atoms with E-state index in [0.717, 1.165) is 12.8 Å². The molecule has 1 aromatic carbocycles. The molecule has 1 amide bonds. The van der Waals surface area contributed by atoms with Gasteiger partial charge in [-0.05, 0) is 25.0 Å². The summed E-state index contributed by atoms with van der Waals surface area (Å²) >= 11 is 0. The third kappa shape index (κ3) is 3.20. The lowest BCUT2D eigenvalue weighted by Crippen LogP contribution is -2.41. The van der Waals surface area contributed by atoms with Gasteiger partial charge in [-0.1, -0.05) is 6.07 Å². The van der Waals surface area contributed by atoms with Gasteiger partial charge in [-0.25, -0.2) is 0 Å². The van der Waals surface area contributed by atoms with Crippen molar-refractivity contribution in [2.75, 3.05) is 32.0 Å². The maximum atomic E-state index is 12.3. The molecule has 20 heavy (non-hydrogen) atoms. The quantitative estimate of drug-likeness (QED) is 0.554. The van der Waals surface area contributed by atoms with Gasteiger partial charge in [-0.2, -0.15) is 0 Å². The summed E-state index contributed by atoms with van der Waals surface area (Å²) in [6.45, 7) is 1.48. The van der Waals surface area contributed by atoms with E-state index in [4.69, 9.17) is 15.6 Å². The van der Waals surface area contributed by atoms with Gasteiger partial charge in [0.15, 0.2) is 5.75 Å². The van der Waals surface area contributed by atoms with Gasteiger partial charge < -0.3 is 25.6 Å². The first-order valence-electron chi connectivity index (χ1n) is 6.72. The third-order valence-electron chi connectivity index (χ3n) is 3.47. The van der Waals surface area contributed by atoms with Crippen molar-refractivity contribution in [1.29, 1.82) is 0 Å². The Morgan fingerprint density at radius 1 is 1.40 bits per heavy atom.